The second kappa shape index (κ2) is 6.35. The quantitative estimate of drug-likeness (QED) is 0.535. The van der Waals surface area contributed by atoms with Crippen molar-refractivity contribution in [3.05, 3.63) is 0 Å². The minimum Gasteiger partial charge on any atom is -0.394 e. The van der Waals surface area contributed by atoms with E-state index in [9.17, 15) is 5.11 Å². The largest absolute Gasteiger partial charge is 0.394 e. The Balaban J connectivity index is 4.15. The lowest BCUT2D eigenvalue weighted by molar-refractivity contribution is -0.109. The maximum Gasteiger partial charge on any atom is 0.0869 e. The van der Waals surface area contributed by atoms with Gasteiger partial charge in [-0.15, -0.1) is 0 Å². The molecular weight excluding hydrogens is 182 g/mol. The first-order valence-corrected chi connectivity index (χ1v) is 5.12. The molecule has 0 rings (SSSR count). The van der Waals surface area contributed by atoms with Crippen molar-refractivity contribution in [1.29, 1.82) is 0 Å². The van der Waals surface area contributed by atoms with E-state index < -0.39 is 6.10 Å². The average molecular weight is 205 g/mol. The van der Waals surface area contributed by atoms with Gasteiger partial charge in [0.15, 0.2) is 0 Å². The molecule has 0 aliphatic carbocycles. The van der Waals surface area contributed by atoms with Gasteiger partial charge in [0.25, 0.3) is 0 Å². The maximum atomic E-state index is 9.43. The second-order valence-electron chi connectivity index (χ2n) is 4.04. The zero-order valence-corrected chi connectivity index (χ0v) is 9.58. The summed E-state index contributed by atoms with van der Waals surface area (Å²) in [4.78, 5) is 5.40. The Hall–Kier alpha value is -0.160. The van der Waals surface area contributed by atoms with Crippen LogP contribution < -0.4 is 5.48 Å². The Morgan fingerprint density at radius 2 is 2.07 bits per heavy atom. The Morgan fingerprint density at radius 1 is 1.50 bits per heavy atom. The monoisotopic (exact) mass is 205 g/mol. The van der Waals surface area contributed by atoms with E-state index in [0.717, 1.165) is 6.42 Å². The Morgan fingerprint density at radius 3 is 2.43 bits per heavy atom. The van der Waals surface area contributed by atoms with E-state index in [0.29, 0.717) is 6.42 Å². The van der Waals surface area contributed by atoms with Crippen LogP contribution in [0.15, 0.2) is 0 Å². The lowest BCUT2D eigenvalue weighted by Gasteiger charge is -2.31. The molecule has 4 nitrogen and oxygen atoms in total. The minimum absolute atomic E-state index is 0.0262. The summed E-state index contributed by atoms with van der Waals surface area (Å²) in [6.45, 7) is 5.74. The van der Waals surface area contributed by atoms with Gasteiger partial charge in [0.05, 0.1) is 18.3 Å². The van der Waals surface area contributed by atoms with Gasteiger partial charge in [-0.3, -0.25) is 4.84 Å². The van der Waals surface area contributed by atoms with Crippen LogP contribution in [-0.2, 0) is 4.84 Å². The fourth-order valence-electron chi connectivity index (χ4n) is 1.50. The number of aliphatic hydroxyl groups excluding tert-OH is 2. The van der Waals surface area contributed by atoms with Gasteiger partial charge in [0.1, 0.15) is 0 Å². The highest BCUT2D eigenvalue weighted by Crippen LogP contribution is 2.25. The Bertz CT molecular complexity index is 154. The van der Waals surface area contributed by atoms with Crippen molar-refractivity contribution in [2.24, 2.45) is 5.92 Å². The van der Waals surface area contributed by atoms with Gasteiger partial charge >= 0.3 is 0 Å². The van der Waals surface area contributed by atoms with Gasteiger partial charge in [0, 0.05) is 7.05 Å². The van der Waals surface area contributed by atoms with Crippen LogP contribution in [0.2, 0.25) is 0 Å². The molecule has 0 aliphatic heterocycles. The van der Waals surface area contributed by atoms with Gasteiger partial charge in [-0.1, -0.05) is 13.8 Å². The molecule has 3 atom stereocenters. The van der Waals surface area contributed by atoms with E-state index in [2.05, 4.69) is 5.48 Å². The second-order valence-corrected chi connectivity index (χ2v) is 4.04. The molecule has 86 valence electrons. The summed E-state index contributed by atoms with van der Waals surface area (Å²) in [7, 11) is 1.72. The third-order valence-electron chi connectivity index (χ3n) is 2.69. The lowest BCUT2D eigenvalue weighted by atomic mass is 9.88. The smallest absolute Gasteiger partial charge is 0.0869 e. The van der Waals surface area contributed by atoms with E-state index in [1.54, 1.807) is 7.05 Å². The van der Waals surface area contributed by atoms with E-state index in [1.165, 1.54) is 0 Å². The van der Waals surface area contributed by atoms with E-state index in [-0.39, 0.29) is 18.1 Å². The molecule has 14 heavy (non-hydrogen) atoms. The summed E-state index contributed by atoms with van der Waals surface area (Å²) in [6, 6.07) is 0. The fraction of sp³-hybridized carbons (Fsp3) is 1.00. The Labute approximate surface area is 86.2 Å². The first-order chi connectivity index (χ1) is 6.49. The summed E-state index contributed by atoms with van der Waals surface area (Å²) in [5.74, 6) is 0.0262. The summed E-state index contributed by atoms with van der Waals surface area (Å²) in [6.07, 6.45) is 0.906. The van der Waals surface area contributed by atoms with Crippen LogP contribution in [0, 0.1) is 5.92 Å². The third-order valence-corrected chi connectivity index (χ3v) is 2.69. The van der Waals surface area contributed by atoms with Crippen molar-refractivity contribution < 1.29 is 15.1 Å². The zero-order valence-electron chi connectivity index (χ0n) is 9.58. The summed E-state index contributed by atoms with van der Waals surface area (Å²) < 4.78 is 0. The molecule has 0 fully saturated rings. The molecule has 0 aliphatic rings. The predicted molar refractivity (Wildman–Crippen MR) is 55.7 cm³/mol. The van der Waals surface area contributed by atoms with Crippen LogP contribution in [0.1, 0.15) is 33.6 Å². The first kappa shape index (κ1) is 13.8. The molecule has 0 aromatic rings. The highest BCUT2D eigenvalue weighted by molar-refractivity contribution is 4.78. The normalized spacial score (nSPS) is 20.1. The van der Waals surface area contributed by atoms with Crippen molar-refractivity contribution in [2.75, 3.05) is 13.7 Å². The number of aliphatic hydroxyl groups is 2. The van der Waals surface area contributed by atoms with Crippen molar-refractivity contribution in [1.82, 2.24) is 5.48 Å². The first-order valence-electron chi connectivity index (χ1n) is 5.12. The van der Waals surface area contributed by atoms with Crippen LogP contribution in [0.25, 0.3) is 0 Å². The van der Waals surface area contributed by atoms with Crippen LogP contribution in [0.3, 0.4) is 0 Å². The number of hydroxylamine groups is 1. The molecule has 0 spiro atoms. The summed E-state index contributed by atoms with van der Waals surface area (Å²) in [5, 5.41) is 18.2. The SMILES string of the molecule is CCC(C)(CC(C)C(O)CO)ONC. The number of rotatable bonds is 7. The van der Waals surface area contributed by atoms with Crippen LogP contribution in [0.5, 0.6) is 0 Å². The van der Waals surface area contributed by atoms with E-state index >= 15 is 0 Å². The van der Waals surface area contributed by atoms with Crippen LogP contribution in [0.4, 0.5) is 0 Å². The highest BCUT2D eigenvalue weighted by atomic mass is 16.7. The molecule has 0 aromatic heterocycles. The zero-order chi connectivity index (χ0) is 11.2. The van der Waals surface area contributed by atoms with Gasteiger partial charge < -0.3 is 10.2 Å². The summed E-state index contributed by atoms with van der Waals surface area (Å²) in [5.41, 5.74) is 2.39. The highest BCUT2D eigenvalue weighted by Gasteiger charge is 2.28. The number of hydrogen-bond donors (Lipinski definition) is 3. The van der Waals surface area contributed by atoms with Gasteiger partial charge in [-0.05, 0) is 25.7 Å². The number of hydrogen-bond acceptors (Lipinski definition) is 4. The number of nitrogens with one attached hydrogen (secondary N) is 1. The third kappa shape index (κ3) is 4.37. The van der Waals surface area contributed by atoms with E-state index in [1.807, 2.05) is 20.8 Å². The maximum absolute atomic E-state index is 9.43. The lowest BCUT2D eigenvalue weighted by Crippen LogP contribution is -2.38. The van der Waals surface area contributed by atoms with Gasteiger partial charge in [-0.2, -0.15) is 0 Å². The molecule has 0 saturated heterocycles. The van der Waals surface area contributed by atoms with Crippen molar-refractivity contribution in [3.8, 4) is 0 Å². The summed E-state index contributed by atoms with van der Waals surface area (Å²) >= 11 is 0. The van der Waals surface area contributed by atoms with Crippen molar-refractivity contribution in [2.45, 2.75) is 45.3 Å². The molecule has 0 aromatic carbocycles. The average Bonchev–Trinajstić information content (AvgIpc) is 2.16. The molecule has 0 radical (unpaired) electrons. The van der Waals surface area contributed by atoms with E-state index in [4.69, 9.17) is 9.94 Å². The molecule has 0 amide bonds. The molecular formula is C10H23NO3. The molecule has 0 bridgehead atoms. The molecule has 0 heterocycles. The standard InChI is InChI=1S/C10H23NO3/c1-5-10(3,14-11-4)6-8(2)9(13)7-12/h8-9,11-13H,5-7H2,1-4H3. The van der Waals surface area contributed by atoms with Gasteiger partial charge in [-0.25, -0.2) is 5.48 Å². The van der Waals surface area contributed by atoms with Crippen LogP contribution in [-0.4, -0.2) is 35.6 Å². The molecule has 4 heteroatoms. The Kier molecular flexibility index (Phi) is 6.27. The molecule has 0 saturated carbocycles. The van der Waals surface area contributed by atoms with Crippen molar-refractivity contribution >= 4 is 0 Å². The minimum atomic E-state index is -0.665. The topological polar surface area (TPSA) is 61.7 Å². The van der Waals surface area contributed by atoms with Gasteiger partial charge in [0.2, 0.25) is 0 Å². The molecule has 3 N–H and O–H groups in total. The fourth-order valence-corrected chi connectivity index (χ4v) is 1.50. The molecule has 3 unspecified atom stereocenters. The van der Waals surface area contributed by atoms with Crippen LogP contribution >= 0.6 is 0 Å². The predicted octanol–water partition coefficient (Wildman–Crippen LogP) is 0.685. The van der Waals surface area contributed by atoms with Crippen molar-refractivity contribution in [3.63, 3.8) is 0 Å².